The molecule has 68 valence electrons. The summed E-state index contributed by atoms with van der Waals surface area (Å²) in [6.45, 7) is 2.94. The molecule has 0 aliphatic rings. The molecule has 0 aromatic rings. The number of hydrogen-bond acceptors (Lipinski definition) is 5. The molecule has 0 atom stereocenters. The molecule has 0 rings (SSSR count). The summed E-state index contributed by atoms with van der Waals surface area (Å²) in [5.41, 5.74) is 0. The van der Waals surface area contributed by atoms with Gasteiger partial charge in [-0.25, -0.2) is 0 Å². The first kappa shape index (κ1) is 12.8. The fourth-order valence-corrected chi connectivity index (χ4v) is 0. The van der Waals surface area contributed by atoms with Crippen LogP contribution < -0.4 is 5.11 Å². The molecule has 0 spiro atoms. The van der Waals surface area contributed by atoms with Gasteiger partial charge in [0.05, 0.1) is 4.97 Å². The topological polar surface area (TPSA) is 121 Å². The lowest BCUT2D eigenvalue weighted by Gasteiger charge is -2.14. The Hall–Kier alpha value is -0.890. The quantitative estimate of drug-likeness (QED) is 0.303. The lowest BCUT2D eigenvalue weighted by molar-refractivity contribution is -1.38. The van der Waals surface area contributed by atoms with Crippen molar-refractivity contribution in [3.05, 3.63) is 0 Å². The molecule has 0 aromatic carbocycles. The fraction of sp³-hybridized carbons (Fsp3) is 0.750. The van der Waals surface area contributed by atoms with Crippen molar-refractivity contribution >= 4 is 6.16 Å². The van der Waals surface area contributed by atoms with Gasteiger partial charge in [-0.2, -0.15) is 0 Å². The lowest BCUT2D eigenvalue weighted by Crippen LogP contribution is -2.43. The Balaban J connectivity index is 0. The van der Waals surface area contributed by atoms with Crippen molar-refractivity contribution < 1.29 is 35.6 Å². The molecule has 0 radical (unpaired) electrons. The third-order valence-corrected chi connectivity index (χ3v) is 0.693. The van der Waals surface area contributed by atoms with E-state index in [0.717, 1.165) is 0 Å². The zero-order chi connectivity index (χ0) is 9.65. The Kier molecular flexibility index (Phi) is 5.63. The highest BCUT2D eigenvalue weighted by Gasteiger charge is 2.23. The predicted octanol–water partition coefficient (Wildman–Crippen LogP) is -0.733. The van der Waals surface area contributed by atoms with Crippen LogP contribution in [-0.4, -0.2) is 37.9 Å². The normalized spacial score (nSPS) is 10.4. The van der Waals surface area contributed by atoms with Gasteiger partial charge in [0.15, 0.2) is 6.04 Å². The van der Waals surface area contributed by atoms with Gasteiger partial charge in [-0.3, -0.25) is 0 Å². The van der Waals surface area contributed by atoms with Crippen LogP contribution in [0, 0.1) is 0 Å². The van der Waals surface area contributed by atoms with Crippen LogP contribution in [0.4, 0.5) is 4.79 Å². The van der Waals surface area contributed by atoms with E-state index < -0.39 is 17.2 Å². The Morgan fingerprint density at radius 3 is 1.45 bits per heavy atom. The highest BCUT2D eigenvalue weighted by Crippen LogP contribution is 1.95. The maximum absolute atomic E-state index is 8.44. The Bertz CT molecular complexity index is 112. The molecule has 0 aliphatic carbocycles. The van der Waals surface area contributed by atoms with E-state index in [0.29, 0.717) is 0 Å². The minimum atomic E-state index is -2.08. The van der Waals surface area contributed by atoms with E-state index in [1.54, 1.807) is 0 Å². The van der Waals surface area contributed by atoms with Crippen LogP contribution in [0.25, 0.3) is 0 Å². The number of quaternary nitrogens is 1. The zero-order valence-electron chi connectivity index (χ0n) is 6.13. The predicted molar refractivity (Wildman–Crippen MR) is 28.8 cm³/mol. The van der Waals surface area contributed by atoms with Crippen molar-refractivity contribution in [1.82, 2.24) is 0 Å². The van der Waals surface area contributed by atoms with E-state index in [4.69, 9.17) is 30.6 Å². The van der Waals surface area contributed by atoms with Gasteiger partial charge in [-0.1, -0.05) is 0 Å². The first-order chi connectivity index (χ1) is 4.68. The molecule has 0 heterocycles. The number of hydrogen-bond donors (Lipinski definition) is 4. The molecule has 0 bridgehead atoms. The summed E-state index contributed by atoms with van der Waals surface area (Å²) in [6, 6.07) is -0.597. The SMILES string of the molecule is CC(C)[N+](O)(O)O.O=C([O-])O. The molecule has 4 N–H and O–H groups in total. The molecular formula is C4H11NO6. The summed E-state index contributed by atoms with van der Waals surface area (Å²) >= 11 is 0. The molecule has 0 fully saturated rings. The van der Waals surface area contributed by atoms with Crippen LogP contribution in [0.15, 0.2) is 0 Å². The maximum Gasteiger partial charge on any atom is 0.249 e. The Morgan fingerprint density at radius 1 is 1.36 bits per heavy atom. The first-order valence-corrected chi connectivity index (χ1v) is 2.64. The summed E-state index contributed by atoms with van der Waals surface area (Å²) < 4.78 is 0. The second kappa shape index (κ2) is 4.85. The molecule has 0 saturated heterocycles. The van der Waals surface area contributed by atoms with Crippen LogP contribution in [0.1, 0.15) is 13.8 Å². The molecule has 0 aliphatic heterocycles. The number of carbonyl (C=O) groups is 1. The van der Waals surface area contributed by atoms with Gasteiger partial charge in [-0.15, -0.1) is 15.6 Å². The third-order valence-electron chi connectivity index (χ3n) is 0.693. The third kappa shape index (κ3) is 17.6. The van der Waals surface area contributed by atoms with Crippen molar-refractivity contribution in [1.29, 1.82) is 0 Å². The first-order valence-electron chi connectivity index (χ1n) is 2.64. The van der Waals surface area contributed by atoms with Crippen LogP contribution in [0.5, 0.6) is 0 Å². The smallest absolute Gasteiger partial charge is 0.249 e. The van der Waals surface area contributed by atoms with Gasteiger partial charge < -0.3 is 15.0 Å². The van der Waals surface area contributed by atoms with Gasteiger partial charge >= 0.3 is 0 Å². The summed E-state index contributed by atoms with van der Waals surface area (Å²) in [7, 11) is 0. The van der Waals surface area contributed by atoms with Crippen LogP contribution >= 0.6 is 0 Å². The van der Waals surface area contributed by atoms with E-state index in [1.165, 1.54) is 13.8 Å². The summed E-state index contributed by atoms with van der Waals surface area (Å²) in [4.78, 5) is 6.50. The van der Waals surface area contributed by atoms with E-state index in [9.17, 15) is 0 Å². The summed E-state index contributed by atoms with van der Waals surface area (Å²) in [6.07, 6.45) is -2.08. The minimum Gasteiger partial charge on any atom is -0.565 e. The van der Waals surface area contributed by atoms with Crippen LogP contribution in [0.2, 0.25) is 0 Å². The molecule has 11 heavy (non-hydrogen) atoms. The second-order valence-electron chi connectivity index (χ2n) is 1.97. The van der Waals surface area contributed by atoms with Gasteiger partial charge in [0, 0.05) is 0 Å². The van der Waals surface area contributed by atoms with Crippen LogP contribution in [0.3, 0.4) is 0 Å². The minimum absolute atomic E-state index is 0.597. The van der Waals surface area contributed by atoms with Gasteiger partial charge in [0.1, 0.15) is 0 Å². The molecule has 7 heteroatoms. The lowest BCUT2D eigenvalue weighted by atomic mass is 10.4. The molecule has 0 unspecified atom stereocenters. The number of nitrogens with zero attached hydrogens (tertiary/aromatic N) is 1. The van der Waals surface area contributed by atoms with E-state index in [-0.39, 0.29) is 0 Å². The number of carboxylic acid groups (broad SMARTS) is 2. The highest BCUT2D eigenvalue weighted by molar-refractivity contribution is 5.50. The van der Waals surface area contributed by atoms with Crippen LogP contribution in [-0.2, 0) is 0 Å². The van der Waals surface area contributed by atoms with Crippen molar-refractivity contribution in [2.45, 2.75) is 19.9 Å². The molecule has 0 amide bonds. The molecule has 0 aromatic heterocycles. The fourth-order valence-electron chi connectivity index (χ4n) is 0. The average molecular weight is 169 g/mol. The van der Waals surface area contributed by atoms with E-state index in [2.05, 4.69) is 0 Å². The maximum atomic E-state index is 8.44. The largest absolute Gasteiger partial charge is 0.565 e. The zero-order valence-corrected chi connectivity index (χ0v) is 6.13. The monoisotopic (exact) mass is 169 g/mol. The second-order valence-corrected chi connectivity index (χ2v) is 1.97. The Morgan fingerprint density at radius 2 is 1.45 bits per heavy atom. The van der Waals surface area contributed by atoms with E-state index in [1.807, 2.05) is 0 Å². The molecular weight excluding hydrogens is 158 g/mol. The van der Waals surface area contributed by atoms with E-state index >= 15 is 0 Å². The van der Waals surface area contributed by atoms with Crippen molar-refractivity contribution in [2.24, 2.45) is 0 Å². The standard InChI is InChI=1S/C3H10NO3.CH2O3/c1-3(2)4(5,6)7;2-1(3)4/h3,5-7H,1-2H3;(H2,2,3,4)/q+1;/p-1. The van der Waals surface area contributed by atoms with Gasteiger partial charge in [0.2, 0.25) is 6.16 Å². The highest BCUT2D eigenvalue weighted by atomic mass is 17.1. The Labute approximate surface area is 62.8 Å². The molecule has 7 nitrogen and oxygen atoms in total. The average Bonchev–Trinajstić information content (AvgIpc) is 1.59. The summed E-state index contributed by atoms with van der Waals surface area (Å²) in [5, 5.41) is 39.7. The summed E-state index contributed by atoms with van der Waals surface area (Å²) in [5.74, 6) is 0. The number of hydroxylamine groups is 3. The van der Waals surface area contributed by atoms with Gasteiger partial charge in [-0.05, 0) is 13.8 Å². The van der Waals surface area contributed by atoms with Gasteiger partial charge in [0.25, 0.3) is 0 Å². The van der Waals surface area contributed by atoms with Crippen molar-refractivity contribution in [3.63, 3.8) is 0 Å². The number of rotatable bonds is 1. The van der Waals surface area contributed by atoms with Crippen molar-refractivity contribution in [2.75, 3.05) is 0 Å². The van der Waals surface area contributed by atoms with Crippen molar-refractivity contribution in [3.8, 4) is 0 Å². The molecule has 0 saturated carbocycles.